The molecule has 25 heavy (non-hydrogen) atoms. The second kappa shape index (κ2) is 9.08. The highest BCUT2D eigenvalue weighted by atomic mass is 35.5. The van der Waals surface area contributed by atoms with Gasteiger partial charge >= 0.3 is 0 Å². The molecule has 2 N–H and O–H groups in total. The van der Waals surface area contributed by atoms with Crippen LogP contribution in [0.4, 0.5) is 5.69 Å². The minimum atomic E-state index is -0.280. The normalized spacial score (nSPS) is 10.2. The molecule has 2 aromatic rings. The van der Waals surface area contributed by atoms with Crippen molar-refractivity contribution in [3.63, 3.8) is 0 Å². The number of rotatable bonds is 7. The van der Waals surface area contributed by atoms with Gasteiger partial charge in [0.15, 0.2) is 0 Å². The molecule has 0 unspecified atom stereocenters. The molecule has 2 rings (SSSR count). The van der Waals surface area contributed by atoms with Gasteiger partial charge in [-0.3, -0.25) is 9.59 Å². The average molecular weight is 360 g/mol. The number of benzene rings is 2. The molecule has 132 valence electrons. The first-order valence-corrected chi connectivity index (χ1v) is 8.41. The smallest absolute Gasteiger partial charge is 0.252 e. The number of nitrogens with one attached hydrogen (secondary N) is 2. The van der Waals surface area contributed by atoms with Crippen molar-refractivity contribution in [1.82, 2.24) is 10.6 Å². The molecule has 2 amide bonds. The number of hydrogen-bond acceptors (Lipinski definition) is 3. The molecule has 6 heteroatoms. The van der Waals surface area contributed by atoms with Gasteiger partial charge in [-0.1, -0.05) is 35.9 Å². The third-order valence-corrected chi connectivity index (χ3v) is 4.03. The quantitative estimate of drug-likeness (QED) is 0.799. The molecule has 0 saturated heterocycles. The monoisotopic (exact) mass is 359 g/mol. The minimum absolute atomic E-state index is 0.115. The molecule has 0 aliphatic heterocycles. The Hall–Kier alpha value is -2.53. The second-order valence-electron chi connectivity index (χ2n) is 5.82. The van der Waals surface area contributed by atoms with E-state index in [1.54, 1.807) is 24.3 Å². The lowest BCUT2D eigenvalue weighted by Gasteiger charge is -2.13. The van der Waals surface area contributed by atoms with Gasteiger partial charge in [0, 0.05) is 39.3 Å². The van der Waals surface area contributed by atoms with Gasteiger partial charge in [-0.05, 0) is 29.8 Å². The van der Waals surface area contributed by atoms with Crippen LogP contribution >= 0.6 is 11.6 Å². The fourth-order valence-corrected chi connectivity index (χ4v) is 2.45. The summed E-state index contributed by atoms with van der Waals surface area (Å²) in [4.78, 5) is 25.9. The lowest BCUT2D eigenvalue weighted by atomic mass is 10.2. The largest absolute Gasteiger partial charge is 0.378 e. The Balaban J connectivity index is 1.72. The summed E-state index contributed by atoms with van der Waals surface area (Å²) in [5.74, 6) is -0.395. The Morgan fingerprint density at radius 3 is 2.32 bits per heavy atom. The molecular formula is C19H22ClN3O2. The van der Waals surface area contributed by atoms with Crippen LogP contribution in [0.3, 0.4) is 0 Å². The molecule has 0 saturated carbocycles. The summed E-state index contributed by atoms with van der Waals surface area (Å²) in [6.45, 7) is 0.723. The SMILES string of the molecule is CN(C)c1ccc(CNC(=O)CCNC(=O)c2ccccc2Cl)cc1. The highest BCUT2D eigenvalue weighted by molar-refractivity contribution is 6.33. The van der Waals surface area contributed by atoms with Gasteiger partial charge in [0.2, 0.25) is 5.91 Å². The Labute approximate surface area is 153 Å². The summed E-state index contributed by atoms with van der Waals surface area (Å²) in [7, 11) is 3.96. The number of anilines is 1. The molecule has 0 spiro atoms. The Morgan fingerprint density at radius 1 is 1.00 bits per heavy atom. The van der Waals surface area contributed by atoms with E-state index in [4.69, 9.17) is 11.6 Å². The van der Waals surface area contributed by atoms with Crippen LogP contribution in [0.2, 0.25) is 5.02 Å². The lowest BCUT2D eigenvalue weighted by molar-refractivity contribution is -0.121. The van der Waals surface area contributed by atoms with Crippen molar-refractivity contribution < 1.29 is 9.59 Å². The third kappa shape index (κ3) is 5.80. The highest BCUT2D eigenvalue weighted by Gasteiger charge is 2.09. The van der Waals surface area contributed by atoms with Gasteiger partial charge in [-0.2, -0.15) is 0 Å². The molecule has 0 heterocycles. The van der Waals surface area contributed by atoms with Crippen molar-refractivity contribution in [1.29, 1.82) is 0 Å². The number of carbonyl (C=O) groups is 2. The van der Waals surface area contributed by atoms with Crippen molar-refractivity contribution in [2.24, 2.45) is 0 Å². The van der Waals surface area contributed by atoms with E-state index in [-0.39, 0.29) is 24.8 Å². The third-order valence-electron chi connectivity index (χ3n) is 3.70. The van der Waals surface area contributed by atoms with Gasteiger partial charge < -0.3 is 15.5 Å². The standard InChI is InChI=1S/C19H22ClN3O2/c1-23(2)15-9-7-14(8-10-15)13-22-18(24)11-12-21-19(25)16-5-3-4-6-17(16)20/h3-10H,11-13H2,1-2H3,(H,21,25)(H,22,24). The molecule has 5 nitrogen and oxygen atoms in total. The summed E-state index contributed by atoms with van der Waals surface area (Å²) < 4.78 is 0. The van der Waals surface area contributed by atoms with E-state index < -0.39 is 0 Å². The molecule has 0 atom stereocenters. The molecule has 0 aliphatic carbocycles. The van der Waals surface area contributed by atoms with E-state index in [0.717, 1.165) is 11.3 Å². The maximum absolute atomic E-state index is 12.0. The fraction of sp³-hybridized carbons (Fsp3) is 0.263. The first-order valence-electron chi connectivity index (χ1n) is 8.03. The summed E-state index contributed by atoms with van der Waals surface area (Å²) in [6.07, 6.45) is 0.214. The van der Waals surface area contributed by atoms with Crippen molar-refractivity contribution in [3.8, 4) is 0 Å². The number of halogens is 1. The van der Waals surface area contributed by atoms with E-state index >= 15 is 0 Å². The zero-order valence-corrected chi connectivity index (χ0v) is 15.1. The predicted molar refractivity (Wildman–Crippen MR) is 101 cm³/mol. The Bertz CT molecular complexity index is 730. The summed E-state index contributed by atoms with van der Waals surface area (Å²) >= 11 is 5.97. The van der Waals surface area contributed by atoms with Crippen molar-refractivity contribution in [2.45, 2.75) is 13.0 Å². The van der Waals surface area contributed by atoms with Crippen LogP contribution in [0.15, 0.2) is 48.5 Å². The van der Waals surface area contributed by atoms with Crippen LogP contribution in [0.25, 0.3) is 0 Å². The van der Waals surface area contributed by atoms with Gasteiger partial charge in [-0.25, -0.2) is 0 Å². The average Bonchev–Trinajstić information content (AvgIpc) is 2.60. The van der Waals surface area contributed by atoms with Gasteiger partial charge in [-0.15, -0.1) is 0 Å². The van der Waals surface area contributed by atoms with Crippen LogP contribution < -0.4 is 15.5 Å². The van der Waals surface area contributed by atoms with E-state index in [9.17, 15) is 9.59 Å². The topological polar surface area (TPSA) is 61.4 Å². The molecule has 0 aliphatic rings. The molecule has 0 bridgehead atoms. The number of hydrogen-bond donors (Lipinski definition) is 2. The predicted octanol–water partition coefficient (Wildman–Crippen LogP) is 2.84. The first kappa shape index (κ1) is 18.8. The fourth-order valence-electron chi connectivity index (χ4n) is 2.23. The molecular weight excluding hydrogens is 338 g/mol. The molecule has 0 radical (unpaired) electrons. The van der Waals surface area contributed by atoms with E-state index in [2.05, 4.69) is 10.6 Å². The molecule has 0 aromatic heterocycles. The highest BCUT2D eigenvalue weighted by Crippen LogP contribution is 2.14. The van der Waals surface area contributed by atoms with Crippen LogP contribution in [0.1, 0.15) is 22.3 Å². The van der Waals surface area contributed by atoms with Crippen LogP contribution in [0.5, 0.6) is 0 Å². The van der Waals surface area contributed by atoms with Crippen molar-refractivity contribution in [2.75, 3.05) is 25.5 Å². The maximum atomic E-state index is 12.0. The minimum Gasteiger partial charge on any atom is -0.378 e. The van der Waals surface area contributed by atoms with E-state index in [1.165, 1.54) is 0 Å². The van der Waals surface area contributed by atoms with E-state index in [0.29, 0.717) is 17.1 Å². The van der Waals surface area contributed by atoms with Crippen molar-refractivity contribution >= 4 is 29.1 Å². The zero-order chi connectivity index (χ0) is 18.2. The van der Waals surface area contributed by atoms with E-state index in [1.807, 2.05) is 43.3 Å². The summed E-state index contributed by atoms with van der Waals surface area (Å²) in [5, 5.41) is 5.94. The second-order valence-corrected chi connectivity index (χ2v) is 6.23. The van der Waals surface area contributed by atoms with Crippen LogP contribution in [-0.4, -0.2) is 32.5 Å². The van der Waals surface area contributed by atoms with Crippen molar-refractivity contribution in [3.05, 3.63) is 64.7 Å². The van der Waals surface area contributed by atoms with Gasteiger partial charge in [0.25, 0.3) is 5.91 Å². The number of carbonyl (C=O) groups excluding carboxylic acids is 2. The number of amides is 2. The lowest BCUT2D eigenvalue weighted by Crippen LogP contribution is -2.30. The Kier molecular flexibility index (Phi) is 6.83. The van der Waals surface area contributed by atoms with Gasteiger partial charge in [0.1, 0.15) is 0 Å². The maximum Gasteiger partial charge on any atom is 0.252 e. The molecule has 2 aromatic carbocycles. The zero-order valence-electron chi connectivity index (χ0n) is 14.4. The summed E-state index contributed by atoms with van der Waals surface area (Å²) in [6, 6.07) is 14.8. The summed E-state index contributed by atoms with van der Waals surface area (Å²) in [5.41, 5.74) is 2.54. The van der Waals surface area contributed by atoms with Gasteiger partial charge in [0.05, 0.1) is 10.6 Å². The van der Waals surface area contributed by atoms with Crippen LogP contribution in [-0.2, 0) is 11.3 Å². The van der Waals surface area contributed by atoms with Crippen LogP contribution in [0, 0.1) is 0 Å². The Morgan fingerprint density at radius 2 is 1.68 bits per heavy atom. The molecule has 0 fully saturated rings. The number of nitrogens with zero attached hydrogens (tertiary/aromatic N) is 1. The first-order chi connectivity index (χ1) is 12.0.